The van der Waals surface area contributed by atoms with E-state index in [1.54, 1.807) is 17.0 Å². The fraction of sp³-hybridized carbons (Fsp3) is 0.429. The minimum absolute atomic E-state index is 0.166. The summed E-state index contributed by atoms with van der Waals surface area (Å²) in [6, 6.07) is 13.2. The summed E-state index contributed by atoms with van der Waals surface area (Å²) in [5.74, 6) is 0.965. The highest BCUT2D eigenvalue weighted by Crippen LogP contribution is 2.26. The number of likely N-dealkylation sites (tertiary alicyclic amines) is 1. The van der Waals surface area contributed by atoms with Crippen LogP contribution in [0, 0.1) is 0 Å². The van der Waals surface area contributed by atoms with Gasteiger partial charge in [-0.05, 0) is 26.3 Å². The van der Waals surface area contributed by atoms with Crippen LogP contribution in [-0.4, -0.2) is 40.8 Å². The zero-order chi connectivity index (χ0) is 20.1. The van der Waals surface area contributed by atoms with Crippen LogP contribution in [-0.2, 0) is 11.3 Å². The van der Waals surface area contributed by atoms with Gasteiger partial charge in [-0.3, -0.25) is 0 Å². The molecule has 3 rings (SSSR count). The molecule has 28 heavy (non-hydrogen) atoms. The van der Waals surface area contributed by atoms with Gasteiger partial charge < -0.3 is 19.1 Å². The number of carbonyl (C=O) groups excluding carboxylic acids is 1. The van der Waals surface area contributed by atoms with Crippen LogP contribution in [0.1, 0.15) is 32.8 Å². The van der Waals surface area contributed by atoms with E-state index in [1.807, 2.05) is 51.1 Å². The largest absolute Gasteiger partial charge is 0.489 e. The molecule has 1 aliphatic rings. The first-order chi connectivity index (χ1) is 13.3. The Morgan fingerprint density at radius 1 is 1.25 bits per heavy atom. The molecule has 150 valence electrons. The maximum atomic E-state index is 12.2. The van der Waals surface area contributed by atoms with Crippen LogP contribution in [0.25, 0.3) is 0 Å². The van der Waals surface area contributed by atoms with E-state index in [2.05, 4.69) is 4.98 Å². The minimum atomic E-state index is -0.518. The molecule has 0 spiro atoms. The number of rotatable bonds is 5. The van der Waals surface area contributed by atoms with Gasteiger partial charge in [0.05, 0.1) is 6.54 Å². The molecule has 2 aromatic rings. The first kappa shape index (κ1) is 20.3. The Bertz CT molecular complexity index is 808. The van der Waals surface area contributed by atoms with Crippen molar-refractivity contribution >= 4 is 17.7 Å². The second kappa shape index (κ2) is 8.69. The molecule has 2 heterocycles. The van der Waals surface area contributed by atoms with E-state index in [-0.39, 0.29) is 12.2 Å². The molecule has 1 aromatic heterocycles. The van der Waals surface area contributed by atoms with E-state index < -0.39 is 5.60 Å². The monoisotopic (exact) mass is 404 g/mol. The summed E-state index contributed by atoms with van der Waals surface area (Å²) in [5.41, 5.74) is 0.539. The summed E-state index contributed by atoms with van der Waals surface area (Å²) in [5, 5.41) is 0.294. The third-order valence-electron chi connectivity index (χ3n) is 4.08. The summed E-state index contributed by atoms with van der Waals surface area (Å²) in [6.45, 7) is 7.00. The topological polar surface area (TPSA) is 60.9 Å². The molecule has 1 amide bonds. The van der Waals surface area contributed by atoms with E-state index >= 15 is 0 Å². The molecule has 1 aliphatic heterocycles. The molecule has 0 saturated carbocycles. The number of benzene rings is 1. The summed E-state index contributed by atoms with van der Waals surface area (Å²) in [4.78, 5) is 18.0. The van der Waals surface area contributed by atoms with Crippen LogP contribution in [0.15, 0.2) is 42.5 Å². The standard InChI is InChI=1S/C21H25ClN2O4/c1-21(2,3)28-20(25)24-10-9-16(13-24)27-19-12-17(11-18(22)23-19)26-14-15-7-5-4-6-8-15/h4-8,11-12,16H,9-10,13-14H2,1-3H3. The van der Waals surface area contributed by atoms with Crippen LogP contribution in [0.5, 0.6) is 11.6 Å². The lowest BCUT2D eigenvalue weighted by molar-refractivity contribution is 0.0275. The van der Waals surface area contributed by atoms with E-state index in [1.165, 1.54) is 0 Å². The SMILES string of the molecule is CC(C)(C)OC(=O)N1CCC(Oc2cc(OCc3ccccc3)cc(Cl)n2)C1. The number of amides is 1. The normalized spacial score (nSPS) is 16.7. The lowest BCUT2D eigenvalue weighted by Gasteiger charge is -2.24. The lowest BCUT2D eigenvalue weighted by atomic mass is 10.2. The molecule has 1 fully saturated rings. The van der Waals surface area contributed by atoms with E-state index in [9.17, 15) is 4.79 Å². The molecule has 1 atom stereocenters. The Morgan fingerprint density at radius 3 is 2.71 bits per heavy atom. The Labute approximate surface area is 170 Å². The molecule has 0 aliphatic carbocycles. The Morgan fingerprint density at radius 2 is 2.00 bits per heavy atom. The van der Waals surface area contributed by atoms with Crippen molar-refractivity contribution in [2.75, 3.05) is 13.1 Å². The van der Waals surface area contributed by atoms with Gasteiger partial charge >= 0.3 is 6.09 Å². The van der Waals surface area contributed by atoms with Gasteiger partial charge in [-0.2, -0.15) is 0 Å². The van der Waals surface area contributed by atoms with Crippen LogP contribution in [0.2, 0.25) is 5.15 Å². The Kier molecular flexibility index (Phi) is 6.29. The van der Waals surface area contributed by atoms with Crippen molar-refractivity contribution in [3.63, 3.8) is 0 Å². The summed E-state index contributed by atoms with van der Waals surface area (Å²) in [7, 11) is 0. The number of carbonyl (C=O) groups is 1. The van der Waals surface area contributed by atoms with Gasteiger partial charge in [-0.15, -0.1) is 0 Å². The number of hydrogen-bond donors (Lipinski definition) is 0. The summed E-state index contributed by atoms with van der Waals surface area (Å²) in [6.07, 6.45) is 0.207. The van der Waals surface area contributed by atoms with Gasteiger partial charge in [-0.1, -0.05) is 41.9 Å². The van der Waals surface area contributed by atoms with Gasteiger partial charge in [0.2, 0.25) is 5.88 Å². The highest BCUT2D eigenvalue weighted by Gasteiger charge is 2.31. The molecule has 0 radical (unpaired) electrons. The first-order valence-corrected chi connectivity index (χ1v) is 9.65. The number of nitrogens with zero attached hydrogens (tertiary/aromatic N) is 2. The molecule has 1 unspecified atom stereocenters. The highest BCUT2D eigenvalue weighted by atomic mass is 35.5. The fourth-order valence-electron chi connectivity index (χ4n) is 2.82. The van der Waals surface area contributed by atoms with Crippen LogP contribution >= 0.6 is 11.6 Å². The van der Waals surface area contributed by atoms with Gasteiger partial charge in [-0.25, -0.2) is 9.78 Å². The smallest absolute Gasteiger partial charge is 0.410 e. The van der Waals surface area contributed by atoms with Gasteiger partial charge in [0, 0.05) is 25.1 Å². The molecular weight excluding hydrogens is 380 g/mol. The molecule has 1 aromatic carbocycles. The van der Waals surface area contributed by atoms with Crippen molar-refractivity contribution in [3.05, 3.63) is 53.2 Å². The number of ether oxygens (including phenoxy) is 3. The zero-order valence-electron chi connectivity index (χ0n) is 16.4. The number of hydrogen-bond acceptors (Lipinski definition) is 5. The van der Waals surface area contributed by atoms with Gasteiger partial charge in [0.1, 0.15) is 29.2 Å². The third-order valence-corrected chi connectivity index (χ3v) is 4.27. The van der Waals surface area contributed by atoms with Crippen LogP contribution in [0.4, 0.5) is 4.79 Å². The number of aromatic nitrogens is 1. The molecule has 7 heteroatoms. The Balaban J connectivity index is 1.57. The molecule has 0 N–H and O–H groups in total. The maximum Gasteiger partial charge on any atom is 0.410 e. The van der Waals surface area contributed by atoms with E-state index in [0.717, 1.165) is 5.56 Å². The molecule has 1 saturated heterocycles. The minimum Gasteiger partial charge on any atom is -0.489 e. The zero-order valence-corrected chi connectivity index (χ0v) is 17.1. The van der Waals surface area contributed by atoms with Crippen molar-refractivity contribution in [1.82, 2.24) is 9.88 Å². The number of pyridine rings is 1. The molecular formula is C21H25ClN2O4. The third kappa shape index (κ3) is 6.02. The summed E-state index contributed by atoms with van der Waals surface area (Å²) < 4.78 is 17.1. The van der Waals surface area contributed by atoms with E-state index in [0.29, 0.717) is 42.9 Å². The van der Waals surface area contributed by atoms with Crippen molar-refractivity contribution in [3.8, 4) is 11.6 Å². The molecule has 0 bridgehead atoms. The van der Waals surface area contributed by atoms with Gasteiger partial charge in [0.15, 0.2) is 0 Å². The van der Waals surface area contributed by atoms with Crippen molar-refractivity contribution in [2.45, 2.75) is 45.5 Å². The van der Waals surface area contributed by atoms with Crippen LogP contribution < -0.4 is 9.47 Å². The lowest BCUT2D eigenvalue weighted by Crippen LogP contribution is -2.36. The fourth-order valence-corrected chi connectivity index (χ4v) is 3.01. The van der Waals surface area contributed by atoms with Crippen molar-refractivity contribution in [2.24, 2.45) is 0 Å². The molecule has 6 nitrogen and oxygen atoms in total. The second-order valence-electron chi connectivity index (χ2n) is 7.69. The predicted octanol–water partition coefficient (Wildman–Crippen LogP) is 4.70. The second-order valence-corrected chi connectivity index (χ2v) is 8.08. The predicted molar refractivity (Wildman–Crippen MR) is 107 cm³/mol. The average Bonchev–Trinajstić information content (AvgIpc) is 3.08. The maximum absolute atomic E-state index is 12.2. The van der Waals surface area contributed by atoms with E-state index in [4.69, 9.17) is 25.8 Å². The van der Waals surface area contributed by atoms with Crippen LogP contribution in [0.3, 0.4) is 0 Å². The van der Waals surface area contributed by atoms with Crippen molar-refractivity contribution in [1.29, 1.82) is 0 Å². The average molecular weight is 405 g/mol. The quantitative estimate of drug-likeness (QED) is 0.676. The van der Waals surface area contributed by atoms with Crippen molar-refractivity contribution < 1.29 is 19.0 Å². The Hall–Kier alpha value is -2.47. The summed E-state index contributed by atoms with van der Waals surface area (Å²) >= 11 is 6.11. The highest BCUT2D eigenvalue weighted by molar-refractivity contribution is 6.29. The van der Waals surface area contributed by atoms with Gasteiger partial charge in [0.25, 0.3) is 0 Å². The number of halogens is 1. The first-order valence-electron chi connectivity index (χ1n) is 9.27.